The maximum absolute atomic E-state index is 12.5. The molecule has 0 fully saturated rings. The van der Waals surface area contributed by atoms with Gasteiger partial charge in [-0.15, -0.1) is 12.4 Å². The lowest BCUT2D eigenvalue weighted by Crippen LogP contribution is -2.35. The Morgan fingerprint density at radius 2 is 1.64 bits per heavy atom. The number of ether oxygens (including phenoxy) is 2. The summed E-state index contributed by atoms with van der Waals surface area (Å²) in [5, 5.41) is 2.97. The highest BCUT2D eigenvalue weighted by Crippen LogP contribution is 2.30. The highest BCUT2D eigenvalue weighted by molar-refractivity contribution is 5.85. The molecule has 0 aliphatic carbocycles. The number of hydrogen-bond donors (Lipinski definition) is 2. The molecule has 0 aromatic heterocycles. The standard InChI is InChI=1S/C22H30N2O3.ClH/c1-14(2)13-27-19-11-10-18(12-20(19)26-5)16(4)24-22(25)21(23)17-8-6-15(3)7-9-17;/h6-12,14,16,21H,13,23H2,1-5H3,(H,24,25);1H. The average molecular weight is 407 g/mol. The topological polar surface area (TPSA) is 73.6 Å². The minimum Gasteiger partial charge on any atom is -0.493 e. The Labute approximate surface area is 174 Å². The summed E-state index contributed by atoms with van der Waals surface area (Å²) in [5.74, 6) is 1.56. The van der Waals surface area contributed by atoms with Crippen molar-refractivity contribution in [1.82, 2.24) is 5.32 Å². The number of amides is 1. The van der Waals surface area contributed by atoms with Crippen molar-refractivity contribution in [3.05, 3.63) is 59.2 Å². The van der Waals surface area contributed by atoms with Crippen LogP contribution in [0.25, 0.3) is 0 Å². The Hall–Kier alpha value is -2.24. The Bertz CT molecular complexity index is 763. The molecule has 2 rings (SSSR count). The van der Waals surface area contributed by atoms with Gasteiger partial charge in [-0.3, -0.25) is 4.79 Å². The largest absolute Gasteiger partial charge is 0.493 e. The highest BCUT2D eigenvalue weighted by atomic mass is 35.5. The second-order valence-corrected chi connectivity index (χ2v) is 7.23. The molecule has 0 aliphatic heterocycles. The van der Waals surface area contributed by atoms with Gasteiger partial charge in [-0.25, -0.2) is 0 Å². The van der Waals surface area contributed by atoms with Crippen LogP contribution in [0.4, 0.5) is 0 Å². The summed E-state index contributed by atoms with van der Waals surface area (Å²) in [5.41, 5.74) is 8.95. The van der Waals surface area contributed by atoms with Gasteiger partial charge in [0.05, 0.1) is 19.8 Å². The molecule has 0 heterocycles. The second-order valence-electron chi connectivity index (χ2n) is 7.23. The van der Waals surface area contributed by atoms with Crippen LogP contribution in [-0.4, -0.2) is 19.6 Å². The molecule has 5 nitrogen and oxygen atoms in total. The Morgan fingerprint density at radius 3 is 2.21 bits per heavy atom. The zero-order chi connectivity index (χ0) is 20.0. The van der Waals surface area contributed by atoms with Gasteiger partial charge in [-0.2, -0.15) is 0 Å². The van der Waals surface area contributed by atoms with Gasteiger partial charge in [0.25, 0.3) is 0 Å². The summed E-state index contributed by atoms with van der Waals surface area (Å²) in [6, 6.07) is 12.4. The van der Waals surface area contributed by atoms with Crippen molar-refractivity contribution in [2.45, 2.75) is 39.8 Å². The number of carbonyl (C=O) groups excluding carboxylic acids is 1. The van der Waals surface area contributed by atoms with Crippen LogP contribution in [0.2, 0.25) is 0 Å². The van der Waals surface area contributed by atoms with Crippen LogP contribution >= 0.6 is 12.4 Å². The molecule has 0 aliphatic rings. The van der Waals surface area contributed by atoms with E-state index in [1.54, 1.807) is 7.11 Å². The molecule has 0 radical (unpaired) electrons. The first-order valence-electron chi connectivity index (χ1n) is 9.25. The number of carbonyl (C=O) groups is 1. The summed E-state index contributed by atoms with van der Waals surface area (Å²) in [4.78, 5) is 12.5. The molecule has 0 spiro atoms. The molecule has 1 amide bonds. The fourth-order valence-corrected chi connectivity index (χ4v) is 2.64. The SMILES string of the molecule is COc1cc(C(C)NC(=O)C(N)c2ccc(C)cc2)ccc1OCC(C)C.Cl. The van der Waals surface area contributed by atoms with Crippen LogP contribution in [0.3, 0.4) is 0 Å². The van der Waals surface area contributed by atoms with Gasteiger partial charge >= 0.3 is 0 Å². The van der Waals surface area contributed by atoms with E-state index in [9.17, 15) is 4.79 Å². The molecule has 28 heavy (non-hydrogen) atoms. The molecular weight excluding hydrogens is 376 g/mol. The van der Waals surface area contributed by atoms with E-state index in [2.05, 4.69) is 19.2 Å². The van der Waals surface area contributed by atoms with Gasteiger partial charge < -0.3 is 20.5 Å². The minimum absolute atomic E-state index is 0. The van der Waals surface area contributed by atoms with Crippen molar-refractivity contribution >= 4 is 18.3 Å². The Balaban J connectivity index is 0.00000392. The van der Waals surface area contributed by atoms with Gasteiger partial charge in [0.15, 0.2) is 11.5 Å². The van der Waals surface area contributed by atoms with E-state index in [1.807, 2.05) is 56.3 Å². The van der Waals surface area contributed by atoms with Crippen LogP contribution in [0.1, 0.15) is 49.5 Å². The minimum atomic E-state index is -0.705. The van der Waals surface area contributed by atoms with Gasteiger partial charge in [0, 0.05) is 0 Å². The Morgan fingerprint density at radius 1 is 1.04 bits per heavy atom. The summed E-state index contributed by atoms with van der Waals surface area (Å²) < 4.78 is 11.2. The number of methoxy groups -OCH3 is 1. The monoisotopic (exact) mass is 406 g/mol. The van der Waals surface area contributed by atoms with Crippen LogP contribution in [0, 0.1) is 12.8 Å². The average Bonchev–Trinajstić information content (AvgIpc) is 2.66. The molecular formula is C22H31ClN2O3. The molecule has 6 heteroatoms. The number of rotatable bonds is 8. The first-order chi connectivity index (χ1) is 12.8. The quantitative estimate of drug-likeness (QED) is 0.684. The first kappa shape index (κ1) is 23.8. The zero-order valence-corrected chi connectivity index (χ0v) is 18.0. The van der Waals surface area contributed by atoms with E-state index in [0.717, 1.165) is 16.7 Å². The first-order valence-corrected chi connectivity index (χ1v) is 9.25. The number of benzene rings is 2. The molecule has 154 valence electrons. The molecule has 2 aromatic carbocycles. The lowest BCUT2D eigenvalue weighted by Gasteiger charge is -2.20. The lowest BCUT2D eigenvalue weighted by atomic mass is 10.0. The molecule has 0 saturated heterocycles. The van der Waals surface area contributed by atoms with E-state index < -0.39 is 6.04 Å². The fraction of sp³-hybridized carbons (Fsp3) is 0.409. The van der Waals surface area contributed by atoms with Crippen LogP contribution in [0.5, 0.6) is 11.5 Å². The number of aryl methyl sites for hydroxylation is 1. The molecule has 0 bridgehead atoms. The number of nitrogens with one attached hydrogen (secondary N) is 1. The maximum atomic E-state index is 12.5. The van der Waals surface area contributed by atoms with Gasteiger partial charge in [-0.05, 0) is 43.0 Å². The van der Waals surface area contributed by atoms with Crippen molar-refractivity contribution < 1.29 is 14.3 Å². The van der Waals surface area contributed by atoms with E-state index in [4.69, 9.17) is 15.2 Å². The van der Waals surface area contributed by atoms with Crippen LogP contribution in [-0.2, 0) is 4.79 Å². The third kappa shape index (κ3) is 6.43. The van der Waals surface area contributed by atoms with Gasteiger partial charge in [0.1, 0.15) is 6.04 Å². The van der Waals surface area contributed by atoms with Crippen LogP contribution < -0.4 is 20.5 Å². The normalized spacial score (nSPS) is 12.7. The van der Waals surface area contributed by atoms with Crippen molar-refractivity contribution in [2.75, 3.05) is 13.7 Å². The third-order valence-corrected chi connectivity index (χ3v) is 4.34. The summed E-state index contributed by atoms with van der Waals surface area (Å²) >= 11 is 0. The van der Waals surface area contributed by atoms with Gasteiger partial charge in [0.2, 0.25) is 5.91 Å². The smallest absolute Gasteiger partial charge is 0.241 e. The summed E-state index contributed by atoms with van der Waals surface area (Å²) in [6.45, 7) is 8.72. The van der Waals surface area contributed by atoms with E-state index in [0.29, 0.717) is 24.0 Å². The third-order valence-electron chi connectivity index (χ3n) is 4.34. The number of hydrogen-bond acceptors (Lipinski definition) is 4. The fourth-order valence-electron chi connectivity index (χ4n) is 2.64. The zero-order valence-electron chi connectivity index (χ0n) is 17.2. The second kappa shape index (κ2) is 10.9. The molecule has 2 unspecified atom stereocenters. The van der Waals surface area contributed by atoms with E-state index >= 15 is 0 Å². The highest BCUT2D eigenvalue weighted by Gasteiger charge is 2.19. The van der Waals surface area contributed by atoms with Crippen molar-refractivity contribution in [1.29, 1.82) is 0 Å². The lowest BCUT2D eigenvalue weighted by molar-refractivity contribution is -0.123. The van der Waals surface area contributed by atoms with E-state index in [1.165, 1.54) is 0 Å². The molecule has 2 atom stereocenters. The molecule has 2 aromatic rings. The van der Waals surface area contributed by atoms with Crippen molar-refractivity contribution in [2.24, 2.45) is 11.7 Å². The summed E-state index contributed by atoms with van der Waals surface area (Å²) in [7, 11) is 1.61. The molecule has 3 N–H and O–H groups in total. The Kier molecular flexibility index (Phi) is 9.29. The van der Waals surface area contributed by atoms with E-state index in [-0.39, 0.29) is 24.4 Å². The van der Waals surface area contributed by atoms with Crippen LogP contribution in [0.15, 0.2) is 42.5 Å². The number of halogens is 1. The van der Waals surface area contributed by atoms with Crippen molar-refractivity contribution in [3.8, 4) is 11.5 Å². The predicted molar refractivity (Wildman–Crippen MR) is 115 cm³/mol. The molecule has 0 saturated carbocycles. The maximum Gasteiger partial charge on any atom is 0.241 e. The number of nitrogens with two attached hydrogens (primary N) is 1. The summed E-state index contributed by atoms with van der Waals surface area (Å²) in [6.07, 6.45) is 0. The van der Waals surface area contributed by atoms with Gasteiger partial charge in [-0.1, -0.05) is 49.7 Å². The van der Waals surface area contributed by atoms with Crippen molar-refractivity contribution in [3.63, 3.8) is 0 Å². The predicted octanol–water partition coefficient (Wildman–Crippen LogP) is 4.34.